The molecule has 0 radical (unpaired) electrons. The summed E-state index contributed by atoms with van der Waals surface area (Å²) >= 11 is 0. The number of nitrogen functional groups attached to an aromatic ring is 1. The molecule has 8 heteroatoms. The van der Waals surface area contributed by atoms with Crippen molar-refractivity contribution in [1.29, 1.82) is 0 Å². The molecule has 0 saturated heterocycles. The predicted octanol–water partition coefficient (Wildman–Crippen LogP) is 0.272. The fourth-order valence-electron chi connectivity index (χ4n) is 1.48. The van der Waals surface area contributed by atoms with Gasteiger partial charge in [0.15, 0.2) is 0 Å². The van der Waals surface area contributed by atoms with Crippen molar-refractivity contribution in [3.8, 4) is 0 Å². The van der Waals surface area contributed by atoms with E-state index in [-0.39, 0.29) is 29.9 Å². The molecule has 1 aromatic rings. The molecular weight excluding hydrogens is 238 g/mol. The second-order valence-corrected chi connectivity index (χ2v) is 4.02. The van der Waals surface area contributed by atoms with Gasteiger partial charge in [0.05, 0.1) is 11.5 Å². The van der Waals surface area contributed by atoms with Crippen LogP contribution in [-0.2, 0) is 4.79 Å². The molecule has 0 aliphatic heterocycles. The lowest BCUT2D eigenvalue weighted by Gasteiger charge is -2.26. The molecule has 1 aromatic heterocycles. The Morgan fingerprint density at radius 1 is 1.56 bits per heavy atom. The van der Waals surface area contributed by atoms with Crippen molar-refractivity contribution in [3.05, 3.63) is 22.2 Å². The first-order valence-corrected chi connectivity index (χ1v) is 5.28. The molecule has 0 atom stereocenters. The van der Waals surface area contributed by atoms with Gasteiger partial charge in [-0.25, -0.2) is 4.98 Å². The highest BCUT2D eigenvalue weighted by Crippen LogP contribution is 2.28. The van der Waals surface area contributed by atoms with Crippen molar-refractivity contribution in [3.63, 3.8) is 0 Å². The number of primary amides is 1. The summed E-state index contributed by atoms with van der Waals surface area (Å²) in [5, 5.41) is 10.9. The van der Waals surface area contributed by atoms with Crippen LogP contribution in [0.4, 0.5) is 17.3 Å². The van der Waals surface area contributed by atoms with Gasteiger partial charge in [0.25, 0.3) is 0 Å². The first-order valence-electron chi connectivity index (χ1n) is 5.28. The van der Waals surface area contributed by atoms with Crippen LogP contribution < -0.4 is 16.4 Å². The molecule has 0 saturated carbocycles. The summed E-state index contributed by atoms with van der Waals surface area (Å²) in [6, 6.07) is 2.42. The summed E-state index contributed by atoms with van der Waals surface area (Å²) in [6.45, 7) is 3.39. The van der Waals surface area contributed by atoms with E-state index in [1.54, 1.807) is 13.8 Å². The van der Waals surface area contributed by atoms with E-state index in [1.165, 1.54) is 17.0 Å². The van der Waals surface area contributed by atoms with Crippen molar-refractivity contribution in [2.24, 2.45) is 5.73 Å². The zero-order valence-electron chi connectivity index (χ0n) is 10.2. The van der Waals surface area contributed by atoms with Crippen LogP contribution in [0.25, 0.3) is 0 Å². The summed E-state index contributed by atoms with van der Waals surface area (Å²) in [5.41, 5.74) is 10.4. The summed E-state index contributed by atoms with van der Waals surface area (Å²) in [5.74, 6) is -0.401. The molecule has 4 N–H and O–H groups in total. The van der Waals surface area contributed by atoms with Gasteiger partial charge < -0.3 is 16.4 Å². The lowest BCUT2D eigenvalue weighted by atomic mass is 10.2. The van der Waals surface area contributed by atoms with E-state index in [1.807, 2.05) is 0 Å². The average Bonchev–Trinajstić information content (AvgIpc) is 2.24. The van der Waals surface area contributed by atoms with Gasteiger partial charge in [-0.05, 0) is 19.9 Å². The molecule has 0 unspecified atom stereocenters. The number of carbonyl (C=O) groups excluding carboxylic acids is 1. The maximum atomic E-state index is 11.0. The molecule has 1 heterocycles. The van der Waals surface area contributed by atoms with E-state index in [0.717, 1.165) is 0 Å². The Balaban J connectivity index is 3.29. The first kappa shape index (κ1) is 13.7. The van der Waals surface area contributed by atoms with Gasteiger partial charge in [-0.15, -0.1) is 0 Å². The third kappa shape index (κ3) is 3.06. The minimum absolute atomic E-state index is 0.0498. The zero-order chi connectivity index (χ0) is 13.9. The van der Waals surface area contributed by atoms with Crippen LogP contribution in [0.1, 0.15) is 13.8 Å². The van der Waals surface area contributed by atoms with Crippen LogP contribution in [0.3, 0.4) is 0 Å². The number of hydrogen-bond donors (Lipinski definition) is 2. The molecule has 0 bridgehead atoms. The molecule has 1 amide bonds. The fourth-order valence-corrected chi connectivity index (χ4v) is 1.48. The van der Waals surface area contributed by atoms with Crippen LogP contribution in [0.15, 0.2) is 12.1 Å². The number of hydrogen-bond acceptors (Lipinski definition) is 6. The number of pyridine rings is 1. The Hall–Kier alpha value is -2.38. The molecule has 0 aliphatic rings. The van der Waals surface area contributed by atoms with Crippen molar-refractivity contribution < 1.29 is 9.72 Å². The van der Waals surface area contributed by atoms with Gasteiger partial charge in [0.2, 0.25) is 11.7 Å². The standard InChI is InChI=1S/C10H15N5O3/c1-6(2)14(5-9(12)16)10-7(15(17)18)3-4-8(11)13-10/h3-4,6H,5H2,1-2H3,(H2,11,13)(H2,12,16). The average molecular weight is 253 g/mol. The normalized spacial score (nSPS) is 10.4. The van der Waals surface area contributed by atoms with E-state index in [0.29, 0.717) is 0 Å². The highest BCUT2D eigenvalue weighted by Gasteiger charge is 2.24. The highest BCUT2D eigenvalue weighted by atomic mass is 16.6. The number of nitrogens with two attached hydrogens (primary N) is 2. The number of carbonyl (C=O) groups is 1. The van der Waals surface area contributed by atoms with Crippen LogP contribution in [-0.4, -0.2) is 28.4 Å². The predicted molar refractivity (Wildman–Crippen MR) is 67.0 cm³/mol. The van der Waals surface area contributed by atoms with Gasteiger partial charge in [0.1, 0.15) is 5.82 Å². The summed E-state index contributed by atoms with van der Waals surface area (Å²) < 4.78 is 0. The van der Waals surface area contributed by atoms with Crippen molar-refractivity contribution in [2.45, 2.75) is 19.9 Å². The summed E-state index contributed by atoms with van der Waals surface area (Å²) in [4.78, 5) is 26.7. The summed E-state index contributed by atoms with van der Waals surface area (Å²) in [7, 11) is 0. The molecule has 0 spiro atoms. The number of anilines is 2. The second-order valence-electron chi connectivity index (χ2n) is 4.02. The van der Waals surface area contributed by atoms with Crippen molar-refractivity contribution >= 4 is 23.2 Å². The smallest absolute Gasteiger partial charge is 0.311 e. The van der Waals surface area contributed by atoms with Crippen molar-refractivity contribution in [2.75, 3.05) is 17.2 Å². The number of nitrogens with zero attached hydrogens (tertiary/aromatic N) is 3. The number of amides is 1. The van der Waals surface area contributed by atoms with E-state index in [2.05, 4.69) is 4.98 Å². The monoisotopic (exact) mass is 253 g/mol. The molecule has 0 fully saturated rings. The van der Waals surface area contributed by atoms with Crippen molar-refractivity contribution in [1.82, 2.24) is 4.98 Å². The third-order valence-electron chi connectivity index (χ3n) is 2.29. The zero-order valence-corrected chi connectivity index (χ0v) is 10.2. The largest absolute Gasteiger partial charge is 0.384 e. The third-order valence-corrected chi connectivity index (χ3v) is 2.29. The molecule has 1 rings (SSSR count). The Bertz CT molecular complexity index is 475. The lowest BCUT2D eigenvalue weighted by Crippen LogP contribution is -2.39. The fraction of sp³-hybridized carbons (Fsp3) is 0.400. The van der Waals surface area contributed by atoms with E-state index in [9.17, 15) is 14.9 Å². The number of rotatable bonds is 5. The molecule has 0 aliphatic carbocycles. The number of aromatic nitrogens is 1. The maximum absolute atomic E-state index is 11.0. The first-order chi connectivity index (χ1) is 8.32. The molecule has 0 aromatic carbocycles. The number of nitro groups is 1. The second kappa shape index (κ2) is 5.30. The topological polar surface area (TPSA) is 128 Å². The molecular formula is C10H15N5O3. The Morgan fingerprint density at radius 2 is 2.17 bits per heavy atom. The SMILES string of the molecule is CC(C)N(CC(N)=O)c1nc(N)ccc1[N+](=O)[O-]. The maximum Gasteiger partial charge on any atom is 0.311 e. The van der Waals surface area contributed by atoms with Gasteiger partial charge in [-0.3, -0.25) is 14.9 Å². The van der Waals surface area contributed by atoms with Gasteiger partial charge in [-0.1, -0.05) is 0 Å². The van der Waals surface area contributed by atoms with Gasteiger partial charge >= 0.3 is 5.69 Å². The van der Waals surface area contributed by atoms with Crippen LogP contribution in [0.5, 0.6) is 0 Å². The summed E-state index contributed by atoms with van der Waals surface area (Å²) in [6.07, 6.45) is 0. The van der Waals surface area contributed by atoms with Crippen LogP contribution >= 0.6 is 0 Å². The highest BCUT2D eigenvalue weighted by molar-refractivity contribution is 5.80. The minimum Gasteiger partial charge on any atom is -0.384 e. The lowest BCUT2D eigenvalue weighted by molar-refractivity contribution is -0.384. The van der Waals surface area contributed by atoms with Crippen LogP contribution in [0, 0.1) is 10.1 Å². The van der Waals surface area contributed by atoms with Crippen LogP contribution in [0.2, 0.25) is 0 Å². The molecule has 98 valence electrons. The molecule has 18 heavy (non-hydrogen) atoms. The van der Waals surface area contributed by atoms with E-state index >= 15 is 0 Å². The van der Waals surface area contributed by atoms with Gasteiger partial charge in [0, 0.05) is 12.1 Å². The Kier molecular flexibility index (Phi) is 4.03. The van der Waals surface area contributed by atoms with E-state index in [4.69, 9.17) is 11.5 Å². The van der Waals surface area contributed by atoms with E-state index < -0.39 is 10.8 Å². The van der Waals surface area contributed by atoms with Gasteiger partial charge in [-0.2, -0.15) is 0 Å². The quantitative estimate of drug-likeness (QED) is 0.572. The Morgan fingerprint density at radius 3 is 2.61 bits per heavy atom. The Labute approximate surface area is 104 Å². The molecule has 8 nitrogen and oxygen atoms in total. The minimum atomic E-state index is -0.595.